The summed E-state index contributed by atoms with van der Waals surface area (Å²) in [6, 6.07) is 6.11. The molecule has 1 saturated heterocycles. The lowest BCUT2D eigenvalue weighted by Gasteiger charge is -2.25. The predicted molar refractivity (Wildman–Crippen MR) is 107 cm³/mol. The minimum atomic E-state index is -1.14. The van der Waals surface area contributed by atoms with Crippen molar-refractivity contribution < 1.29 is 19.8 Å². The van der Waals surface area contributed by atoms with Crippen molar-refractivity contribution in [2.24, 2.45) is 5.92 Å². The Labute approximate surface area is 167 Å². The molecule has 0 spiro atoms. The fraction of sp³-hybridized carbons (Fsp3) is 0.444. The normalized spacial score (nSPS) is 19.0. The maximum atomic E-state index is 11.7. The number of aromatic nitrogens is 3. The Morgan fingerprint density at radius 1 is 1.32 bits per heavy atom. The highest BCUT2D eigenvalue weighted by Gasteiger charge is 2.43. The van der Waals surface area contributed by atoms with Crippen molar-refractivity contribution >= 4 is 35.8 Å². The summed E-state index contributed by atoms with van der Waals surface area (Å²) in [4.78, 5) is 24.8. The van der Waals surface area contributed by atoms with Crippen molar-refractivity contribution in [3.63, 3.8) is 0 Å². The van der Waals surface area contributed by atoms with E-state index in [1.807, 2.05) is 6.07 Å². The van der Waals surface area contributed by atoms with Gasteiger partial charge in [0.1, 0.15) is 6.04 Å². The molecule has 1 aliphatic rings. The molecule has 2 atom stereocenters. The molecule has 1 aliphatic heterocycles. The van der Waals surface area contributed by atoms with E-state index < -0.39 is 23.9 Å². The number of aromatic amines is 1. The first-order valence-corrected chi connectivity index (χ1v) is 9.58. The minimum absolute atomic E-state index is 0.283. The Morgan fingerprint density at radius 2 is 2.07 bits per heavy atom. The molecule has 0 saturated carbocycles. The summed E-state index contributed by atoms with van der Waals surface area (Å²) in [5, 5.41) is 29.2. The number of hydrogen-bond donors (Lipinski definition) is 4. The predicted octanol–water partition coefficient (Wildman–Crippen LogP) is 2.51. The first-order chi connectivity index (χ1) is 13.4. The van der Waals surface area contributed by atoms with Crippen LogP contribution in [0.15, 0.2) is 24.3 Å². The lowest BCUT2D eigenvalue weighted by molar-refractivity contribution is -0.148. The van der Waals surface area contributed by atoms with Crippen LogP contribution in [0.5, 0.6) is 0 Å². The van der Waals surface area contributed by atoms with Crippen LogP contribution in [-0.4, -0.2) is 56.0 Å². The van der Waals surface area contributed by atoms with Crippen molar-refractivity contribution in [2.75, 3.05) is 23.3 Å². The van der Waals surface area contributed by atoms with Crippen molar-refractivity contribution in [2.45, 2.75) is 32.2 Å². The summed E-state index contributed by atoms with van der Waals surface area (Å²) < 4.78 is 2.16. The molecule has 2 aromatic rings. The van der Waals surface area contributed by atoms with Crippen molar-refractivity contribution in [1.82, 2.24) is 14.8 Å². The van der Waals surface area contributed by atoms with Crippen LogP contribution < -0.4 is 10.2 Å². The Kier molecular flexibility index (Phi) is 5.98. The molecule has 4 N–H and O–H groups in total. The van der Waals surface area contributed by atoms with Gasteiger partial charge in [-0.2, -0.15) is 0 Å². The lowest BCUT2D eigenvalue weighted by Crippen LogP contribution is -2.42. The molecule has 0 aliphatic carbocycles. The summed E-state index contributed by atoms with van der Waals surface area (Å²) in [7, 11) is 0. The Bertz CT molecular complexity index is 925. The second kappa shape index (κ2) is 8.42. The molecule has 9 nitrogen and oxygen atoms in total. The van der Waals surface area contributed by atoms with Gasteiger partial charge < -0.3 is 20.4 Å². The Morgan fingerprint density at radius 3 is 2.75 bits per heavy atom. The van der Waals surface area contributed by atoms with Gasteiger partial charge in [0.05, 0.1) is 11.6 Å². The first kappa shape index (κ1) is 19.9. The molecule has 10 heteroatoms. The standard InChI is InChI=1S/C18H23N5O4S/c1-2-3-8-19-17-20-21-18(28)23(17)12-6-4-5-11(10-12)22-9-7-13(15(24)25)14(22)16(26)27/h4-6,10,13-14H,2-3,7-9H2,1H3,(H,19,20)(H,21,28)(H,24,25)(H,26,27). The average molecular weight is 405 g/mol. The van der Waals surface area contributed by atoms with E-state index in [2.05, 4.69) is 22.4 Å². The monoisotopic (exact) mass is 405 g/mol. The number of carbonyl (C=O) groups is 2. The number of benzene rings is 1. The summed E-state index contributed by atoms with van der Waals surface area (Å²) in [6.45, 7) is 3.21. The number of carboxylic acid groups (broad SMARTS) is 2. The van der Waals surface area contributed by atoms with Gasteiger partial charge >= 0.3 is 11.9 Å². The van der Waals surface area contributed by atoms with Gasteiger partial charge in [0, 0.05) is 18.8 Å². The molecule has 0 amide bonds. The van der Waals surface area contributed by atoms with Gasteiger partial charge in [-0.3, -0.25) is 9.36 Å². The van der Waals surface area contributed by atoms with Crippen LogP contribution in [0, 0.1) is 10.7 Å². The van der Waals surface area contributed by atoms with Gasteiger partial charge in [0.2, 0.25) is 10.7 Å². The van der Waals surface area contributed by atoms with Gasteiger partial charge in [0.15, 0.2) is 0 Å². The first-order valence-electron chi connectivity index (χ1n) is 9.18. The van der Waals surface area contributed by atoms with Crippen LogP contribution in [0.25, 0.3) is 5.69 Å². The zero-order valence-corrected chi connectivity index (χ0v) is 16.3. The highest BCUT2D eigenvalue weighted by molar-refractivity contribution is 7.71. The number of carboxylic acids is 2. The average Bonchev–Trinajstić information content (AvgIpc) is 3.26. The molecule has 1 fully saturated rings. The molecule has 0 radical (unpaired) electrons. The highest BCUT2D eigenvalue weighted by Crippen LogP contribution is 2.32. The molecule has 0 bridgehead atoms. The number of H-pyrrole nitrogens is 1. The van der Waals surface area contributed by atoms with Gasteiger partial charge in [0.25, 0.3) is 0 Å². The molecule has 2 unspecified atom stereocenters. The fourth-order valence-corrected chi connectivity index (χ4v) is 3.73. The van der Waals surface area contributed by atoms with Gasteiger partial charge in [-0.05, 0) is 43.3 Å². The van der Waals surface area contributed by atoms with Crippen LogP contribution in [0.3, 0.4) is 0 Å². The fourth-order valence-electron chi connectivity index (χ4n) is 3.49. The smallest absolute Gasteiger partial charge is 0.327 e. The number of nitrogens with zero attached hydrogens (tertiary/aromatic N) is 3. The molecule has 150 valence electrons. The Balaban J connectivity index is 1.94. The van der Waals surface area contributed by atoms with Crippen LogP contribution in [0.4, 0.5) is 11.6 Å². The van der Waals surface area contributed by atoms with Gasteiger partial charge in [-0.1, -0.05) is 19.4 Å². The molecule has 28 heavy (non-hydrogen) atoms. The van der Waals surface area contributed by atoms with E-state index in [1.54, 1.807) is 27.7 Å². The van der Waals surface area contributed by atoms with Crippen molar-refractivity contribution in [3.05, 3.63) is 29.0 Å². The summed E-state index contributed by atoms with van der Waals surface area (Å²) in [5.41, 5.74) is 1.36. The number of unbranched alkanes of at least 4 members (excludes halogenated alkanes) is 1. The van der Waals surface area contributed by atoms with E-state index in [9.17, 15) is 19.8 Å². The second-order valence-corrected chi connectivity index (χ2v) is 7.08. The van der Waals surface area contributed by atoms with Gasteiger partial charge in [-0.25, -0.2) is 9.89 Å². The number of rotatable bonds is 8. The summed E-state index contributed by atoms with van der Waals surface area (Å²) in [5.74, 6) is -2.60. The zero-order chi connectivity index (χ0) is 20.3. The number of anilines is 2. The van der Waals surface area contributed by atoms with Crippen molar-refractivity contribution in [3.8, 4) is 5.69 Å². The molecule has 1 aromatic carbocycles. The third kappa shape index (κ3) is 3.86. The summed E-state index contributed by atoms with van der Waals surface area (Å²) in [6.07, 6.45) is 2.32. The van der Waals surface area contributed by atoms with Crippen LogP contribution in [0.1, 0.15) is 26.2 Å². The van der Waals surface area contributed by atoms with Gasteiger partial charge in [-0.15, -0.1) is 5.10 Å². The van der Waals surface area contributed by atoms with Crippen LogP contribution in [-0.2, 0) is 9.59 Å². The van der Waals surface area contributed by atoms with E-state index in [4.69, 9.17) is 12.2 Å². The number of aliphatic carboxylic acids is 2. The van der Waals surface area contributed by atoms with Crippen LogP contribution in [0.2, 0.25) is 0 Å². The number of nitrogens with one attached hydrogen (secondary N) is 2. The molecule has 2 heterocycles. The maximum absolute atomic E-state index is 11.7. The quantitative estimate of drug-likeness (QED) is 0.390. The highest BCUT2D eigenvalue weighted by atomic mass is 32.1. The summed E-state index contributed by atoms with van der Waals surface area (Å²) >= 11 is 5.35. The third-order valence-electron chi connectivity index (χ3n) is 4.87. The second-order valence-electron chi connectivity index (χ2n) is 6.70. The molecule has 3 rings (SSSR count). The van der Waals surface area contributed by atoms with Crippen LogP contribution >= 0.6 is 12.2 Å². The SMILES string of the molecule is CCCCNc1n[nH]c(=S)n1-c1cccc(N2CCC(C(=O)O)C2C(=O)O)c1. The largest absolute Gasteiger partial charge is 0.481 e. The number of hydrogen-bond acceptors (Lipinski definition) is 6. The van der Waals surface area contributed by atoms with E-state index >= 15 is 0 Å². The van der Waals surface area contributed by atoms with E-state index in [-0.39, 0.29) is 6.42 Å². The van der Waals surface area contributed by atoms with Crippen molar-refractivity contribution in [1.29, 1.82) is 0 Å². The lowest BCUT2D eigenvalue weighted by atomic mass is 10.0. The Hall–Kier alpha value is -2.88. The molecular formula is C18H23N5O4S. The topological polar surface area (TPSA) is 123 Å². The van der Waals surface area contributed by atoms with E-state index in [1.165, 1.54) is 0 Å². The zero-order valence-electron chi connectivity index (χ0n) is 15.5. The van der Waals surface area contributed by atoms with E-state index in [0.717, 1.165) is 25.1 Å². The molecular weight excluding hydrogens is 382 g/mol. The third-order valence-corrected chi connectivity index (χ3v) is 5.15. The van der Waals surface area contributed by atoms with E-state index in [0.29, 0.717) is 23.0 Å². The maximum Gasteiger partial charge on any atom is 0.327 e. The molecule has 1 aromatic heterocycles. The minimum Gasteiger partial charge on any atom is -0.481 e.